The van der Waals surface area contributed by atoms with Crippen LogP contribution in [0.5, 0.6) is 0 Å². The Morgan fingerprint density at radius 3 is 0.739 bits per heavy atom. The van der Waals surface area contributed by atoms with Crippen LogP contribution < -0.4 is 0 Å². The lowest BCUT2D eigenvalue weighted by Crippen LogP contribution is -2.19. The summed E-state index contributed by atoms with van der Waals surface area (Å²) in [5.74, 6) is 0. The number of ether oxygens (including phenoxy) is 9. The summed E-state index contributed by atoms with van der Waals surface area (Å²) < 4.78 is 49.7. The van der Waals surface area contributed by atoms with E-state index in [0.717, 1.165) is 26.2 Å². The van der Waals surface area contributed by atoms with Crippen molar-refractivity contribution in [3.63, 3.8) is 0 Å². The van der Waals surface area contributed by atoms with Crippen molar-refractivity contribution in [1.82, 2.24) is 4.90 Å². The Bertz CT molecular complexity index is 532. The Morgan fingerprint density at radius 1 is 0.261 bits per heavy atom. The normalized spacial score (nSPS) is 11.7. The molecule has 0 rings (SSSR count). The molecule has 0 bridgehead atoms. The first kappa shape index (κ1) is 45.6. The van der Waals surface area contributed by atoms with Crippen molar-refractivity contribution in [2.75, 3.05) is 140 Å². The van der Waals surface area contributed by atoms with E-state index >= 15 is 0 Å². The first-order chi connectivity index (χ1) is 22.8. The highest BCUT2D eigenvalue weighted by Gasteiger charge is 1.97. The summed E-state index contributed by atoms with van der Waals surface area (Å²) in [6.07, 6.45) is 19.3. The minimum absolute atomic E-state index is 0.539. The van der Waals surface area contributed by atoms with Crippen molar-refractivity contribution < 1.29 is 42.6 Å². The van der Waals surface area contributed by atoms with Crippen LogP contribution in [-0.2, 0) is 42.6 Å². The van der Waals surface area contributed by atoms with Gasteiger partial charge in [0, 0.05) is 13.2 Å². The molecule has 0 aromatic rings. The lowest BCUT2D eigenvalue weighted by atomic mass is 10.0. The lowest BCUT2D eigenvalue weighted by Gasteiger charge is -2.10. The van der Waals surface area contributed by atoms with Crippen LogP contribution in [0.25, 0.3) is 0 Å². The van der Waals surface area contributed by atoms with Crippen molar-refractivity contribution >= 4 is 0 Å². The number of hydrogen-bond donors (Lipinski definition) is 0. The van der Waals surface area contributed by atoms with Gasteiger partial charge < -0.3 is 47.5 Å². The summed E-state index contributed by atoms with van der Waals surface area (Å²) in [5.41, 5.74) is 0. The van der Waals surface area contributed by atoms with E-state index in [-0.39, 0.29) is 0 Å². The first-order valence-electron chi connectivity index (χ1n) is 18.6. The summed E-state index contributed by atoms with van der Waals surface area (Å²) in [4.78, 5) is 2.09. The first-order valence-corrected chi connectivity index (χ1v) is 18.6. The van der Waals surface area contributed by atoms with Gasteiger partial charge in [0.1, 0.15) is 0 Å². The van der Waals surface area contributed by atoms with Crippen LogP contribution in [0.15, 0.2) is 0 Å². The van der Waals surface area contributed by atoms with E-state index in [1.165, 1.54) is 83.5 Å². The van der Waals surface area contributed by atoms with Gasteiger partial charge in [-0.05, 0) is 20.5 Å². The largest absolute Gasteiger partial charge is 0.379 e. The van der Waals surface area contributed by atoms with Gasteiger partial charge in [0.2, 0.25) is 0 Å². The molecule has 0 radical (unpaired) electrons. The Kier molecular flexibility index (Phi) is 42.3. The monoisotopic (exact) mass is 666 g/mol. The smallest absolute Gasteiger partial charge is 0.0701 e. The minimum Gasteiger partial charge on any atom is -0.379 e. The van der Waals surface area contributed by atoms with Crippen LogP contribution in [0, 0.1) is 0 Å². The van der Waals surface area contributed by atoms with Gasteiger partial charge in [0.15, 0.2) is 0 Å². The van der Waals surface area contributed by atoms with Crippen LogP contribution in [-0.4, -0.2) is 144 Å². The number of likely N-dealkylation sites (N-methyl/N-ethyl adjacent to an activating group) is 1. The topological polar surface area (TPSA) is 86.3 Å². The zero-order chi connectivity index (χ0) is 33.3. The van der Waals surface area contributed by atoms with Crippen LogP contribution in [0.4, 0.5) is 0 Å². The predicted molar refractivity (Wildman–Crippen MR) is 186 cm³/mol. The standard InChI is InChI=1S/C36H75NO9/c1-4-5-6-7-8-9-10-11-12-13-14-15-16-17-19-38-21-23-40-25-27-42-29-31-44-33-35-46-36-34-45-32-30-43-28-26-41-24-22-39-20-18-37(2)3/h4-36H2,1-3H3. The summed E-state index contributed by atoms with van der Waals surface area (Å²) in [5, 5.41) is 0. The zero-order valence-corrected chi connectivity index (χ0v) is 30.5. The van der Waals surface area contributed by atoms with E-state index in [0.29, 0.717) is 106 Å². The molecule has 0 saturated carbocycles. The molecule has 0 heterocycles. The SMILES string of the molecule is CCCCCCCCCCCCCCCCOCCOCCOCCOCCOCCOCCOCCOCCOCCN(C)C. The third kappa shape index (κ3) is 43.6. The number of nitrogens with zero attached hydrogens (tertiary/aromatic N) is 1. The molecular formula is C36H75NO9. The Morgan fingerprint density at radius 2 is 0.478 bits per heavy atom. The van der Waals surface area contributed by atoms with Gasteiger partial charge in [-0.15, -0.1) is 0 Å². The Hall–Kier alpha value is -0.400. The van der Waals surface area contributed by atoms with Gasteiger partial charge in [-0.25, -0.2) is 0 Å². The molecule has 0 aliphatic rings. The van der Waals surface area contributed by atoms with Crippen molar-refractivity contribution in [2.24, 2.45) is 0 Å². The number of rotatable bonds is 42. The molecule has 0 aliphatic heterocycles. The summed E-state index contributed by atoms with van der Waals surface area (Å²) in [6.45, 7) is 13.9. The van der Waals surface area contributed by atoms with Crippen LogP contribution >= 0.6 is 0 Å². The van der Waals surface area contributed by atoms with Gasteiger partial charge in [-0.2, -0.15) is 0 Å². The average Bonchev–Trinajstić information content (AvgIpc) is 3.05. The predicted octanol–water partition coefficient (Wildman–Crippen LogP) is 6.18. The van der Waals surface area contributed by atoms with Crippen molar-refractivity contribution in [3.05, 3.63) is 0 Å². The van der Waals surface area contributed by atoms with Gasteiger partial charge in [-0.3, -0.25) is 0 Å². The van der Waals surface area contributed by atoms with Gasteiger partial charge in [0.25, 0.3) is 0 Å². The zero-order valence-electron chi connectivity index (χ0n) is 30.5. The third-order valence-corrected chi connectivity index (χ3v) is 7.30. The fraction of sp³-hybridized carbons (Fsp3) is 1.00. The van der Waals surface area contributed by atoms with Gasteiger partial charge in [-0.1, -0.05) is 90.4 Å². The van der Waals surface area contributed by atoms with Gasteiger partial charge >= 0.3 is 0 Å². The molecule has 0 amide bonds. The molecule has 0 saturated heterocycles. The quantitative estimate of drug-likeness (QED) is 0.0705. The average molecular weight is 666 g/mol. The summed E-state index contributed by atoms with van der Waals surface area (Å²) in [6, 6.07) is 0. The van der Waals surface area contributed by atoms with E-state index in [2.05, 4.69) is 11.8 Å². The maximum atomic E-state index is 5.68. The van der Waals surface area contributed by atoms with Crippen molar-refractivity contribution in [3.8, 4) is 0 Å². The van der Waals surface area contributed by atoms with E-state index < -0.39 is 0 Å². The van der Waals surface area contributed by atoms with Crippen LogP contribution in [0.2, 0.25) is 0 Å². The fourth-order valence-electron chi connectivity index (χ4n) is 4.51. The molecule has 0 atom stereocenters. The highest BCUT2D eigenvalue weighted by Crippen LogP contribution is 2.13. The molecule has 10 heteroatoms. The molecule has 0 aromatic heterocycles. The van der Waals surface area contributed by atoms with Gasteiger partial charge in [0.05, 0.1) is 112 Å². The maximum absolute atomic E-state index is 5.68. The molecule has 0 fully saturated rings. The Balaban J connectivity index is 3.04. The molecule has 0 aliphatic carbocycles. The highest BCUT2D eigenvalue weighted by molar-refractivity contribution is 4.49. The molecular weight excluding hydrogens is 590 g/mol. The summed E-state index contributed by atoms with van der Waals surface area (Å²) in [7, 11) is 4.05. The molecule has 0 spiro atoms. The summed E-state index contributed by atoms with van der Waals surface area (Å²) >= 11 is 0. The van der Waals surface area contributed by atoms with Crippen LogP contribution in [0.3, 0.4) is 0 Å². The highest BCUT2D eigenvalue weighted by atomic mass is 16.6. The molecule has 10 nitrogen and oxygen atoms in total. The minimum atomic E-state index is 0.539. The second kappa shape index (κ2) is 42.6. The molecule has 46 heavy (non-hydrogen) atoms. The molecule has 0 unspecified atom stereocenters. The van der Waals surface area contributed by atoms with E-state index in [1.807, 2.05) is 14.1 Å². The van der Waals surface area contributed by atoms with E-state index in [9.17, 15) is 0 Å². The van der Waals surface area contributed by atoms with E-state index in [1.54, 1.807) is 0 Å². The molecule has 278 valence electrons. The number of hydrogen-bond acceptors (Lipinski definition) is 10. The molecule has 0 aromatic carbocycles. The fourth-order valence-corrected chi connectivity index (χ4v) is 4.51. The van der Waals surface area contributed by atoms with E-state index in [4.69, 9.17) is 42.6 Å². The number of unbranched alkanes of at least 4 members (excludes halogenated alkanes) is 13. The van der Waals surface area contributed by atoms with Crippen molar-refractivity contribution in [1.29, 1.82) is 0 Å². The second-order valence-electron chi connectivity index (χ2n) is 11.9. The molecule has 0 N–H and O–H groups in total. The lowest BCUT2D eigenvalue weighted by molar-refractivity contribution is -0.0251. The maximum Gasteiger partial charge on any atom is 0.0701 e. The third-order valence-electron chi connectivity index (χ3n) is 7.30. The second-order valence-corrected chi connectivity index (χ2v) is 11.9. The Labute approximate surface area is 283 Å². The van der Waals surface area contributed by atoms with Crippen molar-refractivity contribution in [2.45, 2.75) is 96.8 Å². The van der Waals surface area contributed by atoms with Crippen LogP contribution in [0.1, 0.15) is 96.8 Å².